The molecule has 0 saturated heterocycles. The molecule has 0 fully saturated rings. The van der Waals surface area contributed by atoms with Gasteiger partial charge in [-0.3, -0.25) is 0 Å². The number of nitrogens with two attached hydrogens (primary N) is 1. The van der Waals surface area contributed by atoms with Gasteiger partial charge in [0.1, 0.15) is 6.33 Å². The molecule has 2 aromatic rings. The van der Waals surface area contributed by atoms with Gasteiger partial charge in [0.2, 0.25) is 0 Å². The van der Waals surface area contributed by atoms with Crippen LogP contribution in [0.3, 0.4) is 0 Å². The first-order valence-electron chi connectivity index (χ1n) is 4.70. The summed E-state index contributed by atoms with van der Waals surface area (Å²) in [5.41, 5.74) is 9.53. The number of nitrogens with zero attached hydrogens (tertiary/aromatic N) is 4. The Bertz CT molecular complexity index is 501. The average Bonchev–Trinajstić information content (AvgIpc) is 2.47. The molecule has 0 bridgehead atoms. The number of aromatic nitrogens is 4. The van der Waals surface area contributed by atoms with E-state index < -0.39 is 0 Å². The summed E-state index contributed by atoms with van der Waals surface area (Å²) < 4.78 is 1.75. The van der Waals surface area contributed by atoms with Crippen LogP contribution < -0.4 is 5.73 Å². The van der Waals surface area contributed by atoms with Crippen molar-refractivity contribution in [3.63, 3.8) is 0 Å². The van der Waals surface area contributed by atoms with Crippen molar-refractivity contribution >= 4 is 5.69 Å². The Kier molecular flexibility index (Phi) is 2.15. The Hall–Kier alpha value is -1.91. The van der Waals surface area contributed by atoms with Crippen LogP contribution in [-0.2, 0) is 0 Å². The second kappa shape index (κ2) is 3.34. The first-order chi connectivity index (χ1) is 7.11. The summed E-state index contributed by atoms with van der Waals surface area (Å²) >= 11 is 0. The molecule has 0 aliphatic carbocycles. The molecule has 0 amide bonds. The zero-order valence-corrected chi connectivity index (χ0v) is 9.02. The van der Waals surface area contributed by atoms with Gasteiger partial charge in [-0.1, -0.05) is 0 Å². The van der Waals surface area contributed by atoms with Crippen LogP contribution >= 0.6 is 0 Å². The van der Waals surface area contributed by atoms with Gasteiger partial charge >= 0.3 is 0 Å². The molecule has 0 aromatic carbocycles. The predicted molar refractivity (Wildman–Crippen MR) is 57.8 cm³/mol. The third-order valence-electron chi connectivity index (χ3n) is 2.57. The Balaban J connectivity index is 2.65. The predicted octanol–water partition coefficient (Wildman–Crippen LogP) is 1.17. The van der Waals surface area contributed by atoms with E-state index in [1.165, 1.54) is 6.33 Å². The van der Waals surface area contributed by atoms with Gasteiger partial charge in [-0.2, -0.15) is 5.10 Å². The minimum atomic E-state index is 0.531. The summed E-state index contributed by atoms with van der Waals surface area (Å²) in [6.45, 7) is 6.00. The van der Waals surface area contributed by atoms with Crippen molar-refractivity contribution in [1.82, 2.24) is 19.7 Å². The van der Waals surface area contributed by atoms with Crippen molar-refractivity contribution in [2.75, 3.05) is 5.73 Å². The lowest BCUT2D eigenvalue weighted by Gasteiger charge is -2.05. The van der Waals surface area contributed by atoms with Gasteiger partial charge in [0.15, 0.2) is 5.82 Å². The lowest BCUT2D eigenvalue weighted by Crippen LogP contribution is -2.06. The Labute approximate surface area is 88.0 Å². The number of rotatable bonds is 1. The Morgan fingerprint density at radius 3 is 2.53 bits per heavy atom. The highest BCUT2D eigenvalue weighted by Crippen LogP contribution is 2.18. The third kappa shape index (κ3) is 1.45. The number of hydrogen-bond acceptors (Lipinski definition) is 4. The van der Waals surface area contributed by atoms with Crippen molar-refractivity contribution in [3.8, 4) is 5.82 Å². The molecule has 2 aromatic heterocycles. The van der Waals surface area contributed by atoms with Gasteiger partial charge in [-0.25, -0.2) is 14.6 Å². The maximum Gasteiger partial charge on any atom is 0.179 e. The topological polar surface area (TPSA) is 69.6 Å². The highest BCUT2D eigenvalue weighted by atomic mass is 15.3. The lowest BCUT2D eigenvalue weighted by molar-refractivity contribution is 0.803. The van der Waals surface area contributed by atoms with Crippen molar-refractivity contribution in [2.24, 2.45) is 0 Å². The number of aryl methyl sites for hydroxylation is 1. The SMILES string of the molecule is Cc1nn(-c2ncncc2N)c(C)c1C. The van der Waals surface area contributed by atoms with Crippen LogP contribution in [0.5, 0.6) is 0 Å². The Morgan fingerprint density at radius 2 is 2.00 bits per heavy atom. The van der Waals surface area contributed by atoms with Crippen LogP contribution in [0.4, 0.5) is 5.69 Å². The first-order valence-corrected chi connectivity index (χ1v) is 4.70. The average molecular weight is 203 g/mol. The van der Waals surface area contributed by atoms with Gasteiger partial charge in [-0.05, 0) is 26.3 Å². The molecule has 2 N–H and O–H groups in total. The second-order valence-corrected chi connectivity index (χ2v) is 3.51. The standard InChI is InChI=1S/C10H13N5/c1-6-7(2)14-15(8(6)3)10-9(11)4-12-5-13-10/h4-5H,11H2,1-3H3. The summed E-state index contributed by atoms with van der Waals surface area (Å²) in [4.78, 5) is 7.98. The molecule has 0 spiro atoms. The number of nitrogen functional groups attached to an aromatic ring is 1. The summed E-state index contributed by atoms with van der Waals surface area (Å²) in [7, 11) is 0. The highest BCUT2D eigenvalue weighted by Gasteiger charge is 2.11. The van der Waals surface area contributed by atoms with E-state index in [4.69, 9.17) is 5.73 Å². The van der Waals surface area contributed by atoms with E-state index in [-0.39, 0.29) is 0 Å². The first kappa shape index (κ1) is 9.64. The molecule has 0 atom stereocenters. The molecule has 0 aliphatic heterocycles. The van der Waals surface area contributed by atoms with E-state index >= 15 is 0 Å². The summed E-state index contributed by atoms with van der Waals surface area (Å²) in [5.74, 6) is 0.638. The van der Waals surface area contributed by atoms with E-state index in [1.807, 2.05) is 20.8 Å². The minimum absolute atomic E-state index is 0.531. The van der Waals surface area contributed by atoms with Crippen molar-refractivity contribution < 1.29 is 0 Å². The summed E-state index contributed by atoms with van der Waals surface area (Å²) in [6.07, 6.45) is 3.05. The molecule has 15 heavy (non-hydrogen) atoms. The molecule has 0 radical (unpaired) electrons. The zero-order chi connectivity index (χ0) is 11.0. The molecule has 0 unspecified atom stereocenters. The largest absolute Gasteiger partial charge is 0.394 e. The van der Waals surface area contributed by atoms with E-state index in [0.29, 0.717) is 11.5 Å². The second-order valence-electron chi connectivity index (χ2n) is 3.51. The monoisotopic (exact) mass is 203 g/mol. The fourth-order valence-corrected chi connectivity index (χ4v) is 1.44. The van der Waals surface area contributed by atoms with E-state index in [1.54, 1.807) is 10.9 Å². The summed E-state index contributed by atoms with van der Waals surface area (Å²) in [5, 5.41) is 4.39. The normalized spacial score (nSPS) is 10.6. The molecule has 0 aliphatic rings. The van der Waals surface area contributed by atoms with Crippen molar-refractivity contribution in [3.05, 3.63) is 29.5 Å². The molecule has 2 heterocycles. The molecule has 5 heteroatoms. The van der Waals surface area contributed by atoms with Crippen LogP contribution in [-0.4, -0.2) is 19.7 Å². The van der Waals surface area contributed by atoms with Crippen LogP contribution in [0.1, 0.15) is 17.0 Å². The lowest BCUT2D eigenvalue weighted by atomic mass is 10.2. The minimum Gasteiger partial charge on any atom is -0.394 e. The van der Waals surface area contributed by atoms with Crippen molar-refractivity contribution in [1.29, 1.82) is 0 Å². The molecular formula is C10H13N5. The number of anilines is 1. The van der Waals surface area contributed by atoms with Gasteiger partial charge in [0, 0.05) is 5.69 Å². The van der Waals surface area contributed by atoms with Crippen LogP contribution in [0, 0.1) is 20.8 Å². The van der Waals surface area contributed by atoms with Gasteiger partial charge in [0.25, 0.3) is 0 Å². The molecule has 2 rings (SSSR count). The molecular weight excluding hydrogens is 190 g/mol. The Morgan fingerprint density at radius 1 is 1.27 bits per heavy atom. The fourth-order valence-electron chi connectivity index (χ4n) is 1.44. The fraction of sp³-hybridized carbons (Fsp3) is 0.300. The maximum absolute atomic E-state index is 5.79. The van der Waals surface area contributed by atoms with Crippen LogP contribution in [0.15, 0.2) is 12.5 Å². The van der Waals surface area contributed by atoms with E-state index in [0.717, 1.165) is 17.0 Å². The van der Waals surface area contributed by atoms with Gasteiger partial charge < -0.3 is 5.73 Å². The zero-order valence-electron chi connectivity index (χ0n) is 9.02. The van der Waals surface area contributed by atoms with Crippen LogP contribution in [0.2, 0.25) is 0 Å². The quantitative estimate of drug-likeness (QED) is 0.755. The summed E-state index contributed by atoms with van der Waals surface area (Å²) in [6, 6.07) is 0. The smallest absolute Gasteiger partial charge is 0.179 e. The van der Waals surface area contributed by atoms with Crippen LogP contribution in [0.25, 0.3) is 5.82 Å². The van der Waals surface area contributed by atoms with Crippen molar-refractivity contribution in [2.45, 2.75) is 20.8 Å². The third-order valence-corrected chi connectivity index (χ3v) is 2.57. The molecule has 0 saturated carbocycles. The van der Waals surface area contributed by atoms with E-state index in [2.05, 4.69) is 15.1 Å². The molecule has 78 valence electrons. The van der Waals surface area contributed by atoms with Gasteiger partial charge in [0.05, 0.1) is 17.6 Å². The highest BCUT2D eigenvalue weighted by molar-refractivity contribution is 5.51. The molecule has 5 nitrogen and oxygen atoms in total. The van der Waals surface area contributed by atoms with E-state index in [9.17, 15) is 0 Å². The number of hydrogen-bond donors (Lipinski definition) is 1. The van der Waals surface area contributed by atoms with Gasteiger partial charge in [-0.15, -0.1) is 0 Å². The maximum atomic E-state index is 5.79.